The molecule has 2 aliphatic rings. The van der Waals surface area contributed by atoms with E-state index in [1.165, 1.54) is 18.8 Å². The molecule has 1 nitrogen and oxygen atoms in total. The Labute approximate surface area is 109 Å². The molecule has 0 radical (unpaired) electrons. The van der Waals surface area contributed by atoms with Crippen LogP contribution in [-0.4, -0.2) is 13.1 Å². The summed E-state index contributed by atoms with van der Waals surface area (Å²) in [5.41, 5.74) is 1.82. The lowest BCUT2D eigenvalue weighted by Gasteiger charge is -2.27. The van der Waals surface area contributed by atoms with E-state index < -0.39 is 0 Å². The van der Waals surface area contributed by atoms with E-state index in [-0.39, 0.29) is 0 Å². The summed E-state index contributed by atoms with van der Waals surface area (Å²) in [5.74, 6) is 2.78. The van der Waals surface area contributed by atoms with Crippen LogP contribution < -0.4 is 4.90 Å². The number of halogens is 1. The summed E-state index contributed by atoms with van der Waals surface area (Å²) in [6.45, 7) is 9.59. The molecule has 0 N–H and O–H groups in total. The summed E-state index contributed by atoms with van der Waals surface area (Å²) >= 11 is 5.92. The zero-order chi connectivity index (χ0) is 12.2. The van der Waals surface area contributed by atoms with Crippen molar-refractivity contribution in [1.29, 1.82) is 0 Å². The topological polar surface area (TPSA) is 3.24 Å². The minimum atomic E-state index is 0.488. The van der Waals surface area contributed by atoms with E-state index in [9.17, 15) is 0 Å². The van der Waals surface area contributed by atoms with Crippen molar-refractivity contribution in [3.63, 3.8) is 0 Å². The molecular weight excluding hydrogens is 230 g/mol. The smallest absolute Gasteiger partial charge is 0.0407 e. The largest absolute Gasteiger partial charge is 0.371 e. The highest BCUT2D eigenvalue weighted by Gasteiger charge is 2.59. The normalized spacial score (nSPS) is 31.5. The van der Waals surface area contributed by atoms with Crippen molar-refractivity contribution in [2.45, 2.75) is 20.8 Å². The standard InChI is InChI=1S/C15H20ClN/c1-15(2,3)14-12-8-17(9-13(12)14)11-6-4-10(16)5-7-11/h4-7,12-14H,8-9H2,1-3H3. The van der Waals surface area contributed by atoms with Crippen LogP contribution in [0.1, 0.15) is 20.8 Å². The van der Waals surface area contributed by atoms with Crippen LogP contribution in [0.5, 0.6) is 0 Å². The first-order chi connectivity index (χ1) is 7.97. The van der Waals surface area contributed by atoms with Crippen molar-refractivity contribution >= 4 is 17.3 Å². The maximum Gasteiger partial charge on any atom is 0.0407 e. The molecule has 1 heterocycles. The second kappa shape index (κ2) is 3.65. The second-order valence-electron chi connectivity index (χ2n) is 6.60. The fraction of sp³-hybridized carbons (Fsp3) is 0.600. The van der Waals surface area contributed by atoms with Gasteiger partial charge in [-0.2, -0.15) is 0 Å². The van der Waals surface area contributed by atoms with Gasteiger partial charge < -0.3 is 4.90 Å². The first-order valence-electron chi connectivity index (χ1n) is 6.47. The quantitative estimate of drug-likeness (QED) is 0.725. The van der Waals surface area contributed by atoms with Crippen LogP contribution in [0.4, 0.5) is 5.69 Å². The first kappa shape index (κ1) is 11.4. The van der Waals surface area contributed by atoms with Gasteiger partial charge in [0.25, 0.3) is 0 Å². The van der Waals surface area contributed by atoms with Gasteiger partial charge in [0.2, 0.25) is 0 Å². The molecule has 2 unspecified atom stereocenters. The molecule has 17 heavy (non-hydrogen) atoms. The van der Waals surface area contributed by atoms with Crippen molar-refractivity contribution in [2.24, 2.45) is 23.2 Å². The summed E-state index contributed by atoms with van der Waals surface area (Å²) in [6, 6.07) is 8.25. The highest BCUT2D eigenvalue weighted by atomic mass is 35.5. The molecule has 1 saturated heterocycles. The van der Waals surface area contributed by atoms with Gasteiger partial charge in [-0.3, -0.25) is 0 Å². The number of piperidine rings is 1. The van der Waals surface area contributed by atoms with Gasteiger partial charge in [-0.05, 0) is 47.4 Å². The maximum atomic E-state index is 5.92. The fourth-order valence-electron chi connectivity index (χ4n) is 3.67. The Hall–Kier alpha value is -0.690. The molecule has 0 aromatic heterocycles. The summed E-state index contributed by atoms with van der Waals surface area (Å²) in [5, 5.41) is 0.825. The molecule has 3 rings (SSSR count). The van der Waals surface area contributed by atoms with Gasteiger partial charge in [0.1, 0.15) is 0 Å². The SMILES string of the molecule is CC(C)(C)C1C2CN(c3ccc(Cl)cc3)CC21. The summed E-state index contributed by atoms with van der Waals surface area (Å²) in [6.07, 6.45) is 0. The van der Waals surface area contributed by atoms with Crippen LogP contribution >= 0.6 is 11.6 Å². The third-order valence-electron chi connectivity index (χ3n) is 4.39. The van der Waals surface area contributed by atoms with E-state index in [0.29, 0.717) is 5.41 Å². The Morgan fingerprint density at radius 2 is 1.59 bits per heavy atom. The Kier molecular flexibility index (Phi) is 2.45. The minimum Gasteiger partial charge on any atom is -0.371 e. The Bertz CT molecular complexity index is 406. The zero-order valence-electron chi connectivity index (χ0n) is 10.8. The van der Waals surface area contributed by atoms with E-state index in [4.69, 9.17) is 11.6 Å². The predicted octanol–water partition coefficient (Wildman–Crippen LogP) is 4.07. The number of benzene rings is 1. The van der Waals surface area contributed by atoms with Crippen molar-refractivity contribution in [3.05, 3.63) is 29.3 Å². The third-order valence-corrected chi connectivity index (χ3v) is 4.64. The lowest BCUT2D eigenvalue weighted by molar-refractivity contribution is 0.309. The number of hydrogen-bond acceptors (Lipinski definition) is 1. The van der Waals surface area contributed by atoms with Crippen LogP contribution in [0.2, 0.25) is 5.02 Å². The van der Waals surface area contributed by atoms with E-state index in [1.54, 1.807) is 0 Å². The van der Waals surface area contributed by atoms with E-state index in [1.807, 2.05) is 12.1 Å². The number of hydrogen-bond donors (Lipinski definition) is 0. The van der Waals surface area contributed by atoms with Crippen LogP contribution in [-0.2, 0) is 0 Å². The molecule has 2 fully saturated rings. The van der Waals surface area contributed by atoms with Gasteiger partial charge in [-0.25, -0.2) is 0 Å². The third kappa shape index (κ3) is 1.95. The summed E-state index contributed by atoms with van der Waals surface area (Å²) in [7, 11) is 0. The monoisotopic (exact) mass is 249 g/mol. The van der Waals surface area contributed by atoms with E-state index in [0.717, 1.165) is 22.8 Å². The second-order valence-corrected chi connectivity index (χ2v) is 7.04. The van der Waals surface area contributed by atoms with Gasteiger partial charge in [0.05, 0.1) is 0 Å². The van der Waals surface area contributed by atoms with Crippen molar-refractivity contribution < 1.29 is 0 Å². The maximum absolute atomic E-state index is 5.92. The number of rotatable bonds is 1. The van der Waals surface area contributed by atoms with Gasteiger partial charge in [-0.15, -0.1) is 0 Å². The molecule has 0 spiro atoms. The van der Waals surface area contributed by atoms with Crippen molar-refractivity contribution in [1.82, 2.24) is 0 Å². The Morgan fingerprint density at radius 3 is 2.06 bits per heavy atom. The average molecular weight is 250 g/mol. The molecule has 1 aliphatic carbocycles. The predicted molar refractivity (Wildman–Crippen MR) is 73.6 cm³/mol. The molecule has 0 amide bonds. The minimum absolute atomic E-state index is 0.488. The van der Waals surface area contributed by atoms with Gasteiger partial charge in [0, 0.05) is 23.8 Å². The lowest BCUT2D eigenvalue weighted by atomic mass is 9.87. The Balaban J connectivity index is 1.67. The van der Waals surface area contributed by atoms with Crippen LogP contribution in [0, 0.1) is 23.2 Å². The zero-order valence-corrected chi connectivity index (χ0v) is 11.5. The fourth-order valence-corrected chi connectivity index (χ4v) is 3.80. The van der Waals surface area contributed by atoms with Crippen molar-refractivity contribution in [2.75, 3.05) is 18.0 Å². The molecule has 0 bridgehead atoms. The van der Waals surface area contributed by atoms with E-state index in [2.05, 4.69) is 37.8 Å². The van der Waals surface area contributed by atoms with E-state index >= 15 is 0 Å². The first-order valence-corrected chi connectivity index (χ1v) is 6.85. The van der Waals surface area contributed by atoms with Crippen LogP contribution in [0.3, 0.4) is 0 Å². The average Bonchev–Trinajstić information content (AvgIpc) is 2.78. The highest BCUT2D eigenvalue weighted by molar-refractivity contribution is 6.30. The van der Waals surface area contributed by atoms with Gasteiger partial charge in [0.15, 0.2) is 0 Å². The molecule has 1 aliphatic heterocycles. The van der Waals surface area contributed by atoms with Crippen LogP contribution in [0.15, 0.2) is 24.3 Å². The molecule has 92 valence electrons. The lowest BCUT2D eigenvalue weighted by Crippen LogP contribution is -2.27. The molecular formula is C15H20ClN. The molecule has 1 aromatic carbocycles. The number of anilines is 1. The molecule has 1 aromatic rings. The number of nitrogens with zero attached hydrogens (tertiary/aromatic N) is 1. The van der Waals surface area contributed by atoms with Crippen molar-refractivity contribution in [3.8, 4) is 0 Å². The van der Waals surface area contributed by atoms with Gasteiger partial charge in [-0.1, -0.05) is 32.4 Å². The van der Waals surface area contributed by atoms with Gasteiger partial charge >= 0.3 is 0 Å². The summed E-state index contributed by atoms with van der Waals surface area (Å²) in [4.78, 5) is 2.51. The Morgan fingerprint density at radius 1 is 1.06 bits per heavy atom. The summed E-state index contributed by atoms with van der Waals surface area (Å²) < 4.78 is 0. The molecule has 2 heteroatoms. The molecule has 2 atom stereocenters. The number of fused-ring (bicyclic) bond motifs is 1. The highest BCUT2D eigenvalue weighted by Crippen LogP contribution is 2.60. The van der Waals surface area contributed by atoms with Crippen LogP contribution in [0.25, 0.3) is 0 Å². The molecule has 1 saturated carbocycles.